The molecule has 0 saturated carbocycles. The number of amides is 1. The van der Waals surface area contributed by atoms with Crippen molar-refractivity contribution in [1.29, 1.82) is 0 Å². The molecule has 0 radical (unpaired) electrons. The number of carbonyl (C=O) groups excluding carboxylic acids is 1. The number of H-pyrrole nitrogens is 1. The Morgan fingerprint density at radius 2 is 1.92 bits per heavy atom. The first kappa shape index (κ1) is 17.9. The minimum absolute atomic E-state index is 0.141. The van der Waals surface area contributed by atoms with E-state index in [1.807, 2.05) is 38.4 Å². The highest BCUT2D eigenvalue weighted by Gasteiger charge is 2.22. The maximum Gasteiger partial charge on any atom is 0.242 e. The number of nitrogens with one attached hydrogen (secondary N) is 2. The molecule has 3 aromatic rings. The summed E-state index contributed by atoms with van der Waals surface area (Å²) in [4.78, 5) is 17.8. The molecule has 136 valence electrons. The lowest BCUT2D eigenvalue weighted by Crippen LogP contribution is -2.36. The van der Waals surface area contributed by atoms with Crippen molar-refractivity contribution < 1.29 is 13.9 Å². The van der Waals surface area contributed by atoms with E-state index in [4.69, 9.17) is 4.74 Å². The van der Waals surface area contributed by atoms with Crippen LogP contribution in [0.1, 0.15) is 17.3 Å². The quantitative estimate of drug-likeness (QED) is 0.714. The van der Waals surface area contributed by atoms with Gasteiger partial charge in [0.2, 0.25) is 5.91 Å². The number of hydrogen-bond donors (Lipinski definition) is 2. The van der Waals surface area contributed by atoms with Gasteiger partial charge in [-0.1, -0.05) is 12.1 Å². The Labute approximate surface area is 151 Å². The van der Waals surface area contributed by atoms with Crippen LogP contribution in [0, 0.1) is 5.82 Å². The molecule has 26 heavy (non-hydrogen) atoms. The summed E-state index contributed by atoms with van der Waals surface area (Å²) >= 11 is 0. The number of aromatic nitrogens is 1. The molecule has 0 aliphatic rings. The van der Waals surface area contributed by atoms with E-state index in [1.165, 1.54) is 12.1 Å². The van der Waals surface area contributed by atoms with Crippen molar-refractivity contribution in [1.82, 2.24) is 15.2 Å². The van der Waals surface area contributed by atoms with Crippen LogP contribution in [0.3, 0.4) is 0 Å². The Morgan fingerprint density at radius 1 is 1.19 bits per heavy atom. The molecule has 0 fully saturated rings. The number of carbonyl (C=O) groups is 1. The van der Waals surface area contributed by atoms with Gasteiger partial charge in [0.15, 0.2) is 0 Å². The Morgan fingerprint density at radius 3 is 2.58 bits per heavy atom. The lowest BCUT2D eigenvalue weighted by atomic mass is 10.1. The van der Waals surface area contributed by atoms with Crippen LogP contribution in [0.4, 0.5) is 4.39 Å². The molecular formula is C20H22FN3O2. The van der Waals surface area contributed by atoms with Crippen LogP contribution in [-0.2, 0) is 11.3 Å². The predicted molar refractivity (Wildman–Crippen MR) is 99.5 cm³/mol. The fraction of sp³-hybridized carbons (Fsp3) is 0.250. The van der Waals surface area contributed by atoms with Gasteiger partial charge in [-0.25, -0.2) is 4.39 Å². The summed E-state index contributed by atoms with van der Waals surface area (Å²) in [7, 11) is 5.28. The molecule has 2 aromatic carbocycles. The molecule has 2 N–H and O–H groups in total. The average molecular weight is 355 g/mol. The van der Waals surface area contributed by atoms with E-state index in [0.717, 1.165) is 27.9 Å². The van der Waals surface area contributed by atoms with Crippen LogP contribution in [0.2, 0.25) is 0 Å². The number of methoxy groups -OCH3 is 1. The summed E-state index contributed by atoms with van der Waals surface area (Å²) in [6.07, 6.45) is 0. The predicted octanol–water partition coefficient (Wildman–Crippen LogP) is 3.23. The van der Waals surface area contributed by atoms with Gasteiger partial charge < -0.3 is 15.0 Å². The number of likely N-dealkylation sites (N-methyl/N-ethyl adjacent to an activating group) is 1. The van der Waals surface area contributed by atoms with E-state index in [1.54, 1.807) is 24.1 Å². The summed E-state index contributed by atoms with van der Waals surface area (Å²) in [5, 5.41) is 3.97. The van der Waals surface area contributed by atoms with Gasteiger partial charge in [-0.15, -0.1) is 0 Å². The maximum atomic E-state index is 13.1. The Bertz CT molecular complexity index is 903. The van der Waals surface area contributed by atoms with E-state index in [9.17, 15) is 9.18 Å². The van der Waals surface area contributed by atoms with Crippen LogP contribution in [0.15, 0.2) is 48.5 Å². The molecule has 1 aromatic heterocycles. The van der Waals surface area contributed by atoms with Crippen LogP contribution in [-0.4, -0.2) is 37.0 Å². The number of ether oxygens (including phenoxy) is 1. The van der Waals surface area contributed by atoms with Crippen molar-refractivity contribution in [3.63, 3.8) is 0 Å². The minimum atomic E-state index is -0.486. The number of hydrogen-bond acceptors (Lipinski definition) is 3. The summed E-state index contributed by atoms with van der Waals surface area (Å²) < 4.78 is 18.4. The van der Waals surface area contributed by atoms with E-state index in [-0.39, 0.29) is 11.7 Å². The lowest BCUT2D eigenvalue weighted by Gasteiger charge is -2.23. The van der Waals surface area contributed by atoms with E-state index in [0.29, 0.717) is 6.54 Å². The van der Waals surface area contributed by atoms with Crippen molar-refractivity contribution in [2.75, 3.05) is 21.2 Å². The van der Waals surface area contributed by atoms with Crippen LogP contribution >= 0.6 is 0 Å². The number of halogens is 1. The number of fused-ring (bicyclic) bond motifs is 1. The SMILES string of the molecule is COc1ccc2[nH]c(CNC(=O)[C@@H](c3ccc(F)cc3)N(C)C)cc2c1. The van der Waals surface area contributed by atoms with E-state index in [2.05, 4.69) is 10.3 Å². The number of rotatable bonds is 6. The van der Waals surface area contributed by atoms with E-state index >= 15 is 0 Å². The molecular weight excluding hydrogens is 333 g/mol. The highest BCUT2D eigenvalue weighted by atomic mass is 19.1. The summed E-state index contributed by atoms with van der Waals surface area (Å²) in [6, 6.07) is 13.3. The number of nitrogens with zero attached hydrogens (tertiary/aromatic N) is 1. The molecule has 5 nitrogen and oxygen atoms in total. The topological polar surface area (TPSA) is 57.4 Å². The monoisotopic (exact) mass is 355 g/mol. The summed E-state index contributed by atoms with van der Waals surface area (Å²) in [6.45, 7) is 0.376. The van der Waals surface area contributed by atoms with Crippen molar-refractivity contribution in [2.24, 2.45) is 0 Å². The van der Waals surface area contributed by atoms with Gasteiger partial charge in [0.05, 0.1) is 13.7 Å². The normalized spacial score (nSPS) is 12.3. The maximum absolute atomic E-state index is 13.1. The highest BCUT2D eigenvalue weighted by molar-refractivity contribution is 5.84. The molecule has 0 spiro atoms. The second-order valence-electron chi connectivity index (χ2n) is 6.38. The van der Waals surface area contributed by atoms with Crippen molar-refractivity contribution in [2.45, 2.75) is 12.6 Å². The van der Waals surface area contributed by atoms with Gasteiger partial charge in [0.1, 0.15) is 17.6 Å². The second-order valence-corrected chi connectivity index (χ2v) is 6.38. The van der Waals surface area contributed by atoms with Gasteiger partial charge >= 0.3 is 0 Å². The standard InChI is InChI=1S/C20H22FN3O2/c1-24(2)19(13-4-6-15(21)7-5-13)20(25)22-12-16-10-14-11-17(26-3)8-9-18(14)23-16/h4-11,19,23H,12H2,1-3H3,(H,22,25)/t19-/m1/s1. The molecule has 1 amide bonds. The average Bonchev–Trinajstić information content (AvgIpc) is 3.03. The van der Waals surface area contributed by atoms with E-state index < -0.39 is 6.04 Å². The lowest BCUT2D eigenvalue weighted by molar-refractivity contribution is -0.126. The molecule has 0 saturated heterocycles. The van der Waals surface area contributed by atoms with Gasteiger partial charge in [0, 0.05) is 16.6 Å². The molecule has 0 unspecified atom stereocenters. The van der Waals surface area contributed by atoms with Crippen molar-refractivity contribution >= 4 is 16.8 Å². The molecule has 6 heteroatoms. The molecule has 0 aliphatic heterocycles. The van der Waals surface area contributed by atoms with Crippen LogP contribution < -0.4 is 10.1 Å². The van der Waals surface area contributed by atoms with Crippen LogP contribution in [0.5, 0.6) is 5.75 Å². The van der Waals surface area contributed by atoms with Gasteiger partial charge in [-0.2, -0.15) is 0 Å². The first-order valence-corrected chi connectivity index (χ1v) is 8.33. The molecule has 1 heterocycles. The van der Waals surface area contributed by atoms with Gasteiger partial charge in [-0.05, 0) is 56.1 Å². The largest absolute Gasteiger partial charge is 0.497 e. The Balaban J connectivity index is 1.72. The molecule has 0 bridgehead atoms. The zero-order valence-electron chi connectivity index (χ0n) is 15.0. The first-order chi connectivity index (χ1) is 12.5. The third kappa shape index (κ3) is 3.86. The molecule has 3 rings (SSSR count). The number of aromatic amines is 1. The zero-order chi connectivity index (χ0) is 18.7. The fourth-order valence-electron chi connectivity index (χ4n) is 3.00. The smallest absolute Gasteiger partial charge is 0.242 e. The van der Waals surface area contributed by atoms with Crippen molar-refractivity contribution in [3.8, 4) is 5.75 Å². The molecule has 1 atom stereocenters. The third-order valence-electron chi connectivity index (χ3n) is 4.29. The third-order valence-corrected chi connectivity index (χ3v) is 4.29. The Hall–Kier alpha value is -2.86. The summed E-state index contributed by atoms with van der Waals surface area (Å²) in [5.74, 6) is 0.328. The number of benzene rings is 2. The van der Waals surface area contributed by atoms with Crippen LogP contribution in [0.25, 0.3) is 10.9 Å². The Kier molecular flexibility index (Phi) is 5.23. The van der Waals surface area contributed by atoms with Crippen molar-refractivity contribution in [3.05, 3.63) is 65.6 Å². The summed E-state index contributed by atoms with van der Waals surface area (Å²) in [5.41, 5.74) is 2.63. The fourth-order valence-corrected chi connectivity index (χ4v) is 3.00. The highest BCUT2D eigenvalue weighted by Crippen LogP contribution is 2.22. The van der Waals surface area contributed by atoms with Gasteiger partial charge in [-0.3, -0.25) is 9.69 Å². The van der Waals surface area contributed by atoms with Gasteiger partial charge in [0.25, 0.3) is 0 Å². The minimum Gasteiger partial charge on any atom is -0.497 e. The first-order valence-electron chi connectivity index (χ1n) is 8.33. The molecule has 0 aliphatic carbocycles. The second kappa shape index (κ2) is 7.58. The zero-order valence-corrected chi connectivity index (χ0v) is 15.0.